The molecular weight excluding hydrogens is 1770 g/mol. The third-order valence-corrected chi connectivity index (χ3v) is 15.5. The summed E-state index contributed by atoms with van der Waals surface area (Å²) in [6.07, 6.45) is -4.54. The molecule has 6 atom stereocenters. The van der Waals surface area contributed by atoms with Gasteiger partial charge in [-0.05, 0) is 49.4 Å². The van der Waals surface area contributed by atoms with Crippen molar-refractivity contribution in [3.8, 4) is 11.8 Å². The van der Waals surface area contributed by atoms with Crippen LogP contribution in [-0.2, 0) is 120 Å². The van der Waals surface area contributed by atoms with Crippen molar-refractivity contribution in [2.75, 3.05) is 103 Å². The Labute approximate surface area is 1060 Å². The van der Waals surface area contributed by atoms with E-state index >= 15 is 0 Å². The summed E-state index contributed by atoms with van der Waals surface area (Å²) >= 11 is 0. The molecule has 38 nitrogen and oxygen atoms in total. The summed E-state index contributed by atoms with van der Waals surface area (Å²) in [5.41, 5.74) is 8.39. The van der Waals surface area contributed by atoms with Crippen molar-refractivity contribution in [3.63, 3.8) is 0 Å². The summed E-state index contributed by atoms with van der Waals surface area (Å²) in [6, 6.07) is 11.5. The number of hydrogen-bond donors (Lipinski definition) is 5. The number of nitrogens with zero attached hydrogens (tertiary/aromatic N) is 1. The molecule has 1 aliphatic heterocycles. The summed E-state index contributed by atoms with van der Waals surface area (Å²) in [6.45, 7) is 3.49. The van der Waals surface area contributed by atoms with Crippen LogP contribution in [0.15, 0.2) is 48.5 Å². The van der Waals surface area contributed by atoms with Gasteiger partial charge < -0.3 is 143 Å². The molecule has 110 heavy (non-hydrogen) atoms. The molecule has 0 aliphatic carbocycles. The molecule has 0 spiro atoms. The number of ether oxygens (including phenoxy) is 5. The van der Waals surface area contributed by atoms with Gasteiger partial charge in [-0.25, -0.2) is 6.54 Å². The van der Waals surface area contributed by atoms with Crippen LogP contribution in [0.5, 0.6) is 0 Å². The summed E-state index contributed by atoms with van der Waals surface area (Å²) in [5.74, 6) is -10.0. The zero-order chi connectivity index (χ0) is 75.3. The summed E-state index contributed by atoms with van der Waals surface area (Å²) < 4.78 is 60.0. The quantitative estimate of drug-likeness (QED) is 0.0135. The van der Waals surface area contributed by atoms with Gasteiger partial charge in [0.2, 0.25) is 23.6 Å². The van der Waals surface area contributed by atoms with Crippen molar-refractivity contribution in [1.29, 1.82) is 0 Å². The Morgan fingerprint density at radius 1 is 0.482 bits per heavy atom. The van der Waals surface area contributed by atoms with Gasteiger partial charge in [0.05, 0.1) is 116 Å². The van der Waals surface area contributed by atoms with Crippen molar-refractivity contribution in [3.05, 3.63) is 78.3 Å². The van der Waals surface area contributed by atoms with Crippen LogP contribution in [0.25, 0.3) is 0 Å². The van der Waals surface area contributed by atoms with Gasteiger partial charge in [0, 0.05) is 97.8 Å². The fourth-order valence-electron chi connectivity index (χ4n) is 7.77. The van der Waals surface area contributed by atoms with Gasteiger partial charge in [0.25, 0.3) is 0 Å². The Morgan fingerprint density at radius 3 is 1.24 bits per heavy atom. The second-order valence-electron chi connectivity index (χ2n) is 20.2. The number of fused-ring (bicyclic) bond motifs is 2. The van der Waals surface area contributed by atoms with Gasteiger partial charge in [-0.15, -0.1) is 0 Å². The maximum Gasteiger partial charge on any atom is 1.00 e. The summed E-state index contributed by atoms with van der Waals surface area (Å²) in [5, 5.41) is 74.4. The van der Waals surface area contributed by atoms with Crippen molar-refractivity contribution in [2.45, 2.75) is 89.3 Å². The monoisotopic (exact) mass is 1840 g/mol. The molecule has 0 saturated carbocycles. The van der Waals surface area contributed by atoms with Gasteiger partial charge in [-0.2, -0.15) is 32.0 Å². The van der Waals surface area contributed by atoms with Crippen LogP contribution in [-0.4, -0.2) is 188 Å². The van der Waals surface area contributed by atoms with E-state index in [1.54, 1.807) is 4.90 Å². The molecule has 50 heteroatoms. The number of para-hydroxylation sites is 1. The number of benzene rings is 2. The average molecular weight is 1840 g/mol. The minimum Gasteiger partial charge on any atom is -0.778 e. The van der Waals surface area contributed by atoms with Crippen LogP contribution in [0.1, 0.15) is 87.3 Å². The third kappa shape index (κ3) is 77.7. The number of hydrogen-bond acceptors (Lipinski definition) is 33. The predicted octanol–water partition coefficient (Wildman–Crippen LogP) is -39.5. The fraction of sp³-hybridized carbons (Fsp3) is 0.517. The number of anilines is 1. The molecule has 1 heterocycles. The number of carbonyl (C=O) groups excluding carboxylic acids is 15. The Hall–Kier alpha value is 7.35. The first-order valence-corrected chi connectivity index (χ1v) is 33.4. The van der Waals surface area contributed by atoms with Crippen LogP contribution < -0.4 is 586 Å². The van der Waals surface area contributed by atoms with E-state index in [-0.39, 0.29) is 616 Å². The van der Waals surface area contributed by atoms with Crippen molar-refractivity contribution in [1.82, 2.24) is 21.3 Å². The van der Waals surface area contributed by atoms with E-state index in [1.807, 2.05) is 59.2 Å². The number of aliphatic carboxylic acids is 6. The molecule has 556 valence electrons. The van der Waals surface area contributed by atoms with E-state index in [0.29, 0.717) is 46.2 Å². The molecule has 3 rings (SSSR count). The first kappa shape index (κ1) is 140. The molecule has 1 aliphatic rings. The van der Waals surface area contributed by atoms with E-state index in [9.17, 15) is 102 Å². The van der Waals surface area contributed by atoms with Gasteiger partial charge in [0.15, 0.2) is 5.91 Å². The Kier molecular flexibility index (Phi) is 115. The Morgan fingerprint density at radius 2 is 0.845 bits per heavy atom. The SMILES string of the molecule is N[CH-]CCC(=O)N[C@H](COP(=O)([O-])CC(CCC(=O)[O-])C(=O)[O-])C(=O)[O-].O=C([O-])CCC(CP(=O)([O-])OC[C@@H](NC(=O)CC[CH-]NC(=O)CCOCCOCCOCCOCCOCCC(=O)NCCC(=O)N1Cc2ccccc2C#Cc2ccccc21)C(=O)[O-])C(=O)[O-].O=C=O.O=C=O.[K+].[K+].[K+].[K+].[K+].[K+].[K+].[K+].[K+].[K+]. The molecule has 6 N–H and O–H groups in total. The van der Waals surface area contributed by atoms with Gasteiger partial charge >= 0.3 is 526 Å². The van der Waals surface area contributed by atoms with E-state index in [0.717, 1.165) is 22.4 Å². The second-order valence-corrected chi connectivity index (χ2v) is 23.9. The fourth-order valence-corrected chi connectivity index (χ4v) is 10.5. The number of nitrogens with one attached hydrogen (secondary N) is 4. The van der Waals surface area contributed by atoms with Gasteiger partial charge in [0.1, 0.15) is 15.2 Å². The zero-order valence-corrected chi connectivity index (χ0v) is 96.7. The predicted molar refractivity (Wildman–Crippen MR) is 317 cm³/mol. The van der Waals surface area contributed by atoms with Gasteiger partial charge in [-0.3, -0.25) is 30.5 Å². The number of amides is 5. The van der Waals surface area contributed by atoms with Crippen LogP contribution >= 0.6 is 15.2 Å². The largest absolute Gasteiger partial charge is 1.00 e. The van der Waals surface area contributed by atoms with Crippen LogP contribution in [0, 0.1) is 36.8 Å². The van der Waals surface area contributed by atoms with Crippen molar-refractivity contribution >= 4 is 98.5 Å². The molecule has 0 saturated heterocycles. The smallest absolute Gasteiger partial charge is 0.778 e. The Bertz CT molecular complexity index is 3200. The molecular formula is C60H74K10N6O32P2. The van der Waals surface area contributed by atoms with E-state index < -0.39 is 144 Å². The molecule has 2 aromatic carbocycles. The molecule has 0 aromatic heterocycles. The topological polar surface area (TPSA) is 617 Å². The van der Waals surface area contributed by atoms with Crippen LogP contribution in [0.4, 0.5) is 5.69 Å². The minimum atomic E-state index is -5.00. The summed E-state index contributed by atoms with van der Waals surface area (Å²) in [4.78, 5) is 185. The third-order valence-electron chi connectivity index (χ3n) is 12.7. The first-order valence-electron chi connectivity index (χ1n) is 29.9. The summed E-state index contributed by atoms with van der Waals surface area (Å²) in [7, 11) is -9.88. The van der Waals surface area contributed by atoms with E-state index in [2.05, 4.69) is 31.5 Å². The standard InChI is InChI=1S/C45H60N4O18P.C13H22N2O10P.2CO2.10K/c50-39(46-18-5-10-41(52)48-37(45(58)59)31-67-68(60,61)32-36(44(56)57)13-14-43(54)55)16-20-62-22-24-64-26-28-66-29-27-65-25-23-63-21-17-40(51)47-19-15-42(53)49-30-35-8-2-1-6-33(35)11-12-34-7-3-4-9-38(34)49;14-5-1-2-10(16)15-9(13(21)22)6-25-26(23,24)7-8(12(19)20)3-4-11(17)18;2*2-1-3;;;;;;;;;;/h1-4,6-9,18,36-37H,5,10,13-17,19-32H2,(H,46,50)(H,47,51)(H,48,52)(H,54,55)(H,56,57)(H,58,59)(H,60,61);5,8-9H,1-4,6-7,14H2,(H,15,16)(H,17,18)(H,19,20)(H,21,22)(H,23,24);;;;;;;;;;;;/q2*-1;;;10*+1/p-8/t36?,37-;8?,9-;;;;;;;;;;;;/m11............/s1. The number of carboxylic acids is 6. The van der Waals surface area contributed by atoms with Crippen LogP contribution in [0.3, 0.4) is 0 Å². The first-order chi connectivity index (χ1) is 47.5. The van der Waals surface area contributed by atoms with E-state index in [1.165, 1.54) is 13.1 Å². The normalized spacial score (nSPS) is 12.1. The number of carbonyl (C=O) groups is 11. The molecule has 0 radical (unpaired) electrons. The molecule has 2 aromatic rings. The molecule has 4 unspecified atom stereocenters. The minimum absolute atomic E-state index is 0. The second kappa shape index (κ2) is 89.7. The molecule has 0 fully saturated rings. The number of rotatable bonds is 50. The molecule has 0 bridgehead atoms. The van der Waals surface area contributed by atoms with Crippen LogP contribution in [0.2, 0.25) is 0 Å². The number of nitrogens with two attached hydrogens (primary N) is 1. The van der Waals surface area contributed by atoms with Crippen molar-refractivity contribution in [2.24, 2.45) is 17.6 Å². The maximum atomic E-state index is 13.3. The van der Waals surface area contributed by atoms with E-state index in [4.69, 9.17) is 48.6 Å². The zero-order valence-electron chi connectivity index (χ0n) is 63.7. The van der Waals surface area contributed by atoms with Crippen molar-refractivity contribution < 1.29 is 668 Å². The van der Waals surface area contributed by atoms with Gasteiger partial charge in [-0.1, -0.05) is 42.2 Å². The average Bonchev–Trinajstić information content (AvgIpc) is 0.802. The Balaban J connectivity index is -0.000000220. The maximum absolute atomic E-state index is 13.3. The number of carboxylic acid groups (broad SMARTS) is 6. The molecule has 5 amide bonds.